The summed E-state index contributed by atoms with van der Waals surface area (Å²) in [5, 5.41) is 2.79. The Morgan fingerprint density at radius 2 is 1.76 bits per heavy atom. The molecule has 1 saturated heterocycles. The summed E-state index contributed by atoms with van der Waals surface area (Å²) in [6.45, 7) is 1.59. The predicted molar refractivity (Wildman–Crippen MR) is 106 cm³/mol. The van der Waals surface area contributed by atoms with Gasteiger partial charge < -0.3 is 10.2 Å². The van der Waals surface area contributed by atoms with E-state index in [1.54, 1.807) is 30.3 Å². The maximum absolute atomic E-state index is 13.8. The molecule has 0 bridgehead atoms. The van der Waals surface area contributed by atoms with Crippen molar-refractivity contribution >= 4 is 17.8 Å². The number of likely N-dealkylation sites (N-methyl/N-ethyl adjacent to an activating group) is 1. The summed E-state index contributed by atoms with van der Waals surface area (Å²) >= 11 is 0. The van der Waals surface area contributed by atoms with Crippen LogP contribution in [0.3, 0.4) is 0 Å². The van der Waals surface area contributed by atoms with Crippen LogP contribution in [-0.2, 0) is 21.7 Å². The third-order valence-corrected chi connectivity index (χ3v) is 5.15. The molecule has 1 aliphatic rings. The molecule has 3 rings (SSSR count). The van der Waals surface area contributed by atoms with E-state index in [0.717, 1.165) is 4.90 Å². The number of hydrogen-bond acceptors (Lipinski definition) is 3. The van der Waals surface area contributed by atoms with Gasteiger partial charge in [-0.05, 0) is 18.1 Å². The van der Waals surface area contributed by atoms with Crippen LogP contribution in [0.2, 0.25) is 0 Å². The Morgan fingerprint density at radius 3 is 2.41 bits per heavy atom. The molecule has 0 saturated carbocycles. The number of imide groups is 1. The van der Waals surface area contributed by atoms with E-state index < -0.39 is 35.7 Å². The van der Waals surface area contributed by atoms with Gasteiger partial charge in [-0.3, -0.25) is 14.5 Å². The van der Waals surface area contributed by atoms with Crippen LogP contribution in [0.15, 0.2) is 54.6 Å². The average molecular weight is 397 g/mol. The molecule has 7 heteroatoms. The largest absolute Gasteiger partial charge is 0.340 e. The minimum Gasteiger partial charge on any atom is -0.340 e. The van der Waals surface area contributed by atoms with Crippen LogP contribution < -0.4 is 5.32 Å². The van der Waals surface area contributed by atoms with E-state index >= 15 is 0 Å². The smallest absolute Gasteiger partial charge is 0.325 e. The minimum atomic E-state index is -1.17. The molecule has 6 nitrogen and oxygen atoms in total. The number of hydrogen-bond donors (Lipinski definition) is 1. The van der Waals surface area contributed by atoms with Crippen molar-refractivity contribution in [2.45, 2.75) is 31.8 Å². The number of carbonyl (C=O) groups excluding carboxylic acids is 3. The molecule has 29 heavy (non-hydrogen) atoms. The number of urea groups is 1. The molecule has 0 aliphatic carbocycles. The first-order chi connectivity index (χ1) is 13.9. The second-order valence-electron chi connectivity index (χ2n) is 7.18. The lowest BCUT2D eigenvalue weighted by molar-refractivity contribution is -0.139. The van der Waals surface area contributed by atoms with Crippen molar-refractivity contribution in [2.75, 3.05) is 13.6 Å². The maximum Gasteiger partial charge on any atom is 0.325 e. The second-order valence-corrected chi connectivity index (χ2v) is 7.18. The Bertz CT molecular complexity index is 919. The van der Waals surface area contributed by atoms with Crippen molar-refractivity contribution in [1.29, 1.82) is 0 Å². The molecule has 152 valence electrons. The van der Waals surface area contributed by atoms with Crippen molar-refractivity contribution in [1.82, 2.24) is 15.1 Å². The number of nitrogens with one attached hydrogen (secondary N) is 1. The molecule has 0 spiro atoms. The summed E-state index contributed by atoms with van der Waals surface area (Å²) in [5.74, 6) is -1.30. The summed E-state index contributed by atoms with van der Waals surface area (Å²) in [6, 6.07) is 14.6. The molecule has 1 aliphatic heterocycles. The number of halogens is 1. The molecule has 0 radical (unpaired) electrons. The standard InChI is InChI=1S/C22H24FN3O3/c1-3-13-22(17-10-5-4-6-11-17)20(28)26(21(29)24-22)15-19(27)25(2)14-16-9-7-8-12-18(16)23/h4-12H,3,13-15H2,1-2H3,(H,24,29)/t22-/m0/s1. The predicted octanol–water partition coefficient (Wildman–Crippen LogP) is 3.03. The van der Waals surface area contributed by atoms with Gasteiger partial charge in [-0.2, -0.15) is 0 Å². The first-order valence-electron chi connectivity index (χ1n) is 9.56. The molecule has 4 amide bonds. The normalized spacial score (nSPS) is 18.7. The number of nitrogens with zero attached hydrogens (tertiary/aromatic N) is 2. The van der Waals surface area contributed by atoms with E-state index in [-0.39, 0.29) is 6.54 Å². The van der Waals surface area contributed by atoms with Gasteiger partial charge >= 0.3 is 6.03 Å². The number of benzene rings is 2. The van der Waals surface area contributed by atoms with Crippen molar-refractivity contribution in [3.05, 3.63) is 71.5 Å². The zero-order valence-corrected chi connectivity index (χ0v) is 16.5. The van der Waals surface area contributed by atoms with Crippen LogP contribution in [0, 0.1) is 5.82 Å². The maximum atomic E-state index is 13.8. The first kappa shape index (κ1) is 20.5. The molecule has 1 heterocycles. The highest BCUT2D eigenvalue weighted by molar-refractivity contribution is 6.09. The number of carbonyl (C=O) groups is 3. The summed E-state index contributed by atoms with van der Waals surface area (Å²) < 4.78 is 13.8. The van der Waals surface area contributed by atoms with Gasteiger partial charge in [0.05, 0.1) is 0 Å². The van der Waals surface area contributed by atoms with E-state index in [4.69, 9.17) is 0 Å². The van der Waals surface area contributed by atoms with Gasteiger partial charge in [-0.15, -0.1) is 0 Å². The lowest BCUT2D eigenvalue weighted by Crippen LogP contribution is -2.45. The van der Waals surface area contributed by atoms with Crippen LogP contribution >= 0.6 is 0 Å². The van der Waals surface area contributed by atoms with Gasteiger partial charge in [-0.25, -0.2) is 9.18 Å². The molecular formula is C22H24FN3O3. The molecule has 0 aromatic heterocycles. The van der Waals surface area contributed by atoms with Crippen LogP contribution in [0.5, 0.6) is 0 Å². The summed E-state index contributed by atoms with van der Waals surface area (Å²) in [5.41, 5.74) is -0.114. The topological polar surface area (TPSA) is 69.7 Å². The Balaban J connectivity index is 1.77. The monoisotopic (exact) mass is 397 g/mol. The fraction of sp³-hybridized carbons (Fsp3) is 0.318. The van der Waals surface area contributed by atoms with E-state index in [9.17, 15) is 18.8 Å². The Morgan fingerprint density at radius 1 is 1.10 bits per heavy atom. The zero-order chi connectivity index (χ0) is 21.0. The van der Waals surface area contributed by atoms with E-state index in [1.807, 2.05) is 25.1 Å². The summed E-state index contributed by atoms with van der Waals surface area (Å²) in [7, 11) is 1.52. The molecule has 1 fully saturated rings. The zero-order valence-electron chi connectivity index (χ0n) is 16.5. The first-order valence-corrected chi connectivity index (χ1v) is 9.56. The highest BCUT2D eigenvalue weighted by Crippen LogP contribution is 2.33. The highest BCUT2D eigenvalue weighted by atomic mass is 19.1. The third kappa shape index (κ3) is 3.99. The van der Waals surface area contributed by atoms with Gasteiger partial charge in [0.15, 0.2) is 0 Å². The Labute approximate surface area is 169 Å². The SMILES string of the molecule is CCC[C@@]1(c2ccccc2)NC(=O)N(CC(=O)N(C)Cc2ccccc2F)C1=O. The van der Waals surface area contributed by atoms with Gasteiger partial charge in [-0.1, -0.05) is 61.9 Å². The van der Waals surface area contributed by atoms with E-state index in [1.165, 1.54) is 18.0 Å². The van der Waals surface area contributed by atoms with Crippen LogP contribution in [0.25, 0.3) is 0 Å². The van der Waals surface area contributed by atoms with E-state index in [2.05, 4.69) is 5.32 Å². The molecule has 1 N–H and O–H groups in total. The summed E-state index contributed by atoms with van der Waals surface area (Å²) in [6.07, 6.45) is 1.10. The Kier molecular flexibility index (Phi) is 5.96. The van der Waals surface area contributed by atoms with Crippen LogP contribution in [0.4, 0.5) is 9.18 Å². The fourth-order valence-corrected chi connectivity index (χ4v) is 3.60. The fourth-order valence-electron chi connectivity index (χ4n) is 3.60. The van der Waals surface area contributed by atoms with Gasteiger partial charge in [0.25, 0.3) is 5.91 Å². The quantitative estimate of drug-likeness (QED) is 0.730. The Hall–Kier alpha value is -3.22. The lowest BCUT2D eigenvalue weighted by Gasteiger charge is -2.27. The molecular weight excluding hydrogens is 373 g/mol. The molecule has 0 unspecified atom stereocenters. The molecule has 2 aromatic rings. The van der Waals surface area contributed by atoms with Gasteiger partial charge in [0.1, 0.15) is 17.9 Å². The third-order valence-electron chi connectivity index (χ3n) is 5.15. The highest BCUT2D eigenvalue weighted by Gasteiger charge is 2.52. The summed E-state index contributed by atoms with van der Waals surface area (Å²) in [4.78, 5) is 40.7. The van der Waals surface area contributed by atoms with Crippen molar-refractivity contribution in [3.63, 3.8) is 0 Å². The van der Waals surface area contributed by atoms with Gasteiger partial charge in [0.2, 0.25) is 5.91 Å². The van der Waals surface area contributed by atoms with Crippen LogP contribution in [0.1, 0.15) is 30.9 Å². The molecule has 2 aromatic carbocycles. The van der Waals surface area contributed by atoms with Crippen molar-refractivity contribution in [3.8, 4) is 0 Å². The lowest BCUT2D eigenvalue weighted by atomic mass is 9.85. The number of rotatable bonds is 7. The molecule has 1 atom stereocenters. The van der Waals surface area contributed by atoms with E-state index in [0.29, 0.717) is 24.0 Å². The second kappa shape index (κ2) is 8.43. The van der Waals surface area contributed by atoms with Gasteiger partial charge in [0, 0.05) is 19.2 Å². The van der Waals surface area contributed by atoms with Crippen molar-refractivity contribution < 1.29 is 18.8 Å². The number of amides is 4. The van der Waals surface area contributed by atoms with Crippen molar-refractivity contribution in [2.24, 2.45) is 0 Å². The average Bonchev–Trinajstić information content (AvgIpc) is 2.95. The van der Waals surface area contributed by atoms with Crippen LogP contribution in [-0.4, -0.2) is 41.2 Å². The minimum absolute atomic E-state index is 0.0495.